The average molecular weight is 326 g/mol. The Bertz CT molecular complexity index is 690. The topological polar surface area (TPSA) is 37.3 Å². The highest BCUT2D eigenvalue weighted by Crippen LogP contribution is 2.59. The Hall–Kier alpha value is -1.57. The monoisotopic (exact) mass is 326 g/mol. The second-order valence-electron chi connectivity index (χ2n) is 8.89. The lowest BCUT2D eigenvalue weighted by atomic mass is 9.49. The fourth-order valence-corrected chi connectivity index (χ4v) is 5.60. The minimum atomic E-state index is -0.0411. The van der Waals surface area contributed by atoms with Crippen LogP contribution in [0.15, 0.2) is 29.3 Å². The van der Waals surface area contributed by atoms with Crippen molar-refractivity contribution >= 4 is 5.78 Å². The van der Waals surface area contributed by atoms with Crippen LogP contribution in [0.4, 0.5) is 0 Å². The van der Waals surface area contributed by atoms with E-state index in [1.54, 1.807) is 12.1 Å². The van der Waals surface area contributed by atoms with Crippen molar-refractivity contribution in [3.63, 3.8) is 0 Å². The third-order valence-corrected chi connectivity index (χ3v) is 6.59. The van der Waals surface area contributed by atoms with Crippen molar-refractivity contribution in [2.75, 3.05) is 0 Å². The number of benzene rings is 1. The van der Waals surface area contributed by atoms with E-state index >= 15 is 0 Å². The second kappa shape index (κ2) is 5.75. The van der Waals surface area contributed by atoms with Crippen molar-refractivity contribution in [3.05, 3.63) is 40.5 Å². The number of hydrogen-bond acceptors (Lipinski definition) is 2. The molecule has 0 saturated heterocycles. The van der Waals surface area contributed by atoms with Crippen molar-refractivity contribution < 1.29 is 9.90 Å². The zero-order valence-electron chi connectivity index (χ0n) is 15.7. The van der Waals surface area contributed by atoms with Crippen LogP contribution in [0.2, 0.25) is 0 Å². The Morgan fingerprint density at radius 1 is 1.12 bits per heavy atom. The van der Waals surface area contributed by atoms with Crippen molar-refractivity contribution in [2.45, 2.75) is 66.7 Å². The molecule has 130 valence electrons. The molecule has 0 aliphatic heterocycles. The predicted octanol–water partition coefficient (Wildman–Crippen LogP) is 5.83. The van der Waals surface area contributed by atoms with Gasteiger partial charge in [0, 0.05) is 11.1 Å². The summed E-state index contributed by atoms with van der Waals surface area (Å²) in [6.07, 6.45) is 5.73. The molecule has 2 nitrogen and oxygen atoms in total. The van der Waals surface area contributed by atoms with Gasteiger partial charge < -0.3 is 5.11 Å². The maximum absolute atomic E-state index is 13.4. The summed E-state index contributed by atoms with van der Waals surface area (Å²) in [5.41, 5.74) is 4.08. The fourth-order valence-electron chi connectivity index (χ4n) is 5.60. The first-order valence-corrected chi connectivity index (χ1v) is 9.21. The Kier molecular flexibility index (Phi) is 4.14. The summed E-state index contributed by atoms with van der Waals surface area (Å²) in [6.45, 7) is 11.1. The zero-order valence-corrected chi connectivity index (χ0v) is 15.7. The van der Waals surface area contributed by atoms with Crippen LogP contribution < -0.4 is 0 Å². The largest absolute Gasteiger partial charge is 0.508 e. The molecule has 2 unspecified atom stereocenters. The van der Waals surface area contributed by atoms with Crippen LogP contribution in [0.3, 0.4) is 0 Å². The van der Waals surface area contributed by atoms with Crippen LogP contribution in [0, 0.1) is 23.7 Å². The van der Waals surface area contributed by atoms with Gasteiger partial charge >= 0.3 is 0 Å². The molecule has 0 bridgehead atoms. The molecule has 2 heteroatoms. The summed E-state index contributed by atoms with van der Waals surface area (Å²) < 4.78 is 0. The first-order chi connectivity index (χ1) is 11.1. The number of carbonyl (C=O) groups is 1. The summed E-state index contributed by atoms with van der Waals surface area (Å²) >= 11 is 0. The molecule has 1 aromatic carbocycles. The van der Waals surface area contributed by atoms with E-state index < -0.39 is 0 Å². The second-order valence-corrected chi connectivity index (χ2v) is 8.89. The Morgan fingerprint density at radius 3 is 2.50 bits per heavy atom. The van der Waals surface area contributed by atoms with Gasteiger partial charge in [-0.15, -0.1) is 0 Å². The molecule has 1 N–H and O–H groups in total. The summed E-state index contributed by atoms with van der Waals surface area (Å²) in [4.78, 5) is 13.4. The maximum atomic E-state index is 13.4. The van der Waals surface area contributed by atoms with Gasteiger partial charge in [-0.1, -0.05) is 32.8 Å². The number of carbonyl (C=O) groups excluding carboxylic acids is 1. The number of aryl methyl sites for hydroxylation is 1. The Balaban J connectivity index is 2.09. The maximum Gasteiger partial charge on any atom is 0.189 e. The van der Waals surface area contributed by atoms with Gasteiger partial charge in [-0.2, -0.15) is 0 Å². The molecule has 0 heterocycles. The first-order valence-electron chi connectivity index (χ1n) is 9.21. The Morgan fingerprint density at radius 2 is 1.83 bits per heavy atom. The molecule has 24 heavy (non-hydrogen) atoms. The smallest absolute Gasteiger partial charge is 0.189 e. The standard InChI is InChI=1S/C22H30O2/c1-14-11-16(13-17(23)12-14)20(24)19-15(2)7-8-18-21(3,4)9-6-10-22(18,19)5/h11-13,18,23H,6-10H2,1-5H3. The van der Waals surface area contributed by atoms with E-state index in [4.69, 9.17) is 0 Å². The third kappa shape index (κ3) is 2.70. The highest BCUT2D eigenvalue weighted by atomic mass is 16.3. The molecule has 0 aromatic heterocycles. The van der Waals surface area contributed by atoms with Gasteiger partial charge in [0.1, 0.15) is 5.75 Å². The molecular weight excluding hydrogens is 296 g/mol. The van der Waals surface area contributed by atoms with Crippen LogP contribution in [-0.4, -0.2) is 10.9 Å². The molecule has 1 aromatic rings. The third-order valence-electron chi connectivity index (χ3n) is 6.59. The number of hydrogen-bond donors (Lipinski definition) is 1. The van der Waals surface area contributed by atoms with Crippen LogP contribution in [0.5, 0.6) is 5.75 Å². The molecular formula is C22H30O2. The minimum absolute atomic E-state index is 0.0411. The highest BCUT2D eigenvalue weighted by Gasteiger charge is 2.51. The molecule has 2 aliphatic carbocycles. The lowest BCUT2D eigenvalue weighted by molar-refractivity contribution is 0.0121. The van der Waals surface area contributed by atoms with E-state index in [2.05, 4.69) is 27.7 Å². The summed E-state index contributed by atoms with van der Waals surface area (Å²) in [5, 5.41) is 9.92. The zero-order chi connectivity index (χ0) is 17.7. The van der Waals surface area contributed by atoms with Crippen molar-refractivity contribution in [3.8, 4) is 5.75 Å². The van der Waals surface area contributed by atoms with Gasteiger partial charge in [0.25, 0.3) is 0 Å². The van der Waals surface area contributed by atoms with Gasteiger partial charge in [-0.25, -0.2) is 0 Å². The van der Waals surface area contributed by atoms with Gasteiger partial charge in [0.05, 0.1) is 0 Å². The lowest BCUT2D eigenvalue weighted by Gasteiger charge is -2.54. The average Bonchev–Trinajstić information content (AvgIpc) is 2.44. The van der Waals surface area contributed by atoms with Crippen LogP contribution in [0.25, 0.3) is 0 Å². The quantitative estimate of drug-likeness (QED) is 0.695. The summed E-state index contributed by atoms with van der Waals surface area (Å²) in [7, 11) is 0. The Labute approximate surface area is 146 Å². The highest BCUT2D eigenvalue weighted by molar-refractivity contribution is 6.10. The predicted molar refractivity (Wildman–Crippen MR) is 98.3 cm³/mol. The number of fused-ring (bicyclic) bond motifs is 1. The molecule has 2 aliphatic rings. The lowest BCUT2D eigenvalue weighted by Crippen LogP contribution is -2.47. The van der Waals surface area contributed by atoms with Crippen molar-refractivity contribution in [2.24, 2.45) is 16.7 Å². The van der Waals surface area contributed by atoms with E-state index in [0.29, 0.717) is 11.5 Å². The van der Waals surface area contributed by atoms with Crippen LogP contribution >= 0.6 is 0 Å². The van der Waals surface area contributed by atoms with Gasteiger partial charge in [-0.05, 0) is 80.0 Å². The van der Waals surface area contributed by atoms with Crippen LogP contribution in [0.1, 0.15) is 75.7 Å². The van der Waals surface area contributed by atoms with E-state index in [9.17, 15) is 9.90 Å². The normalized spacial score (nSPS) is 29.3. The molecule has 1 saturated carbocycles. The molecule has 1 fully saturated rings. The minimum Gasteiger partial charge on any atom is -0.508 e. The van der Waals surface area contributed by atoms with E-state index in [-0.39, 0.29) is 22.4 Å². The van der Waals surface area contributed by atoms with Gasteiger partial charge in [0.15, 0.2) is 5.78 Å². The van der Waals surface area contributed by atoms with E-state index in [1.165, 1.54) is 24.8 Å². The number of phenolic OH excluding ortho intramolecular Hbond substituents is 1. The van der Waals surface area contributed by atoms with Crippen LogP contribution in [-0.2, 0) is 0 Å². The fraction of sp³-hybridized carbons (Fsp3) is 0.591. The number of Topliss-reactive ketones (excluding diaryl/α,β-unsaturated/α-hetero) is 1. The number of aromatic hydroxyl groups is 1. The number of allylic oxidation sites excluding steroid dienone is 2. The number of phenols is 1. The molecule has 0 amide bonds. The van der Waals surface area contributed by atoms with Gasteiger partial charge in [0.2, 0.25) is 0 Å². The summed E-state index contributed by atoms with van der Waals surface area (Å²) in [6, 6.07) is 5.23. The molecule has 3 rings (SSSR count). The van der Waals surface area contributed by atoms with E-state index in [0.717, 1.165) is 24.0 Å². The molecule has 0 radical (unpaired) electrons. The molecule has 0 spiro atoms. The van der Waals surface area contributed by atoms with Crippen molar-refractivity contribution in [1.82, 2.24) is 0 Å². The molecule has 2 atom stereocenters. The van der Waals surface area contributed by atoms with Gasteiger partial charge in [-0.3, -0.25) is 4.79 Å². The summed E-state index contributed by atoms with van der Waals surface area (Å²) in [5.74, 6) is 0.856. The number of rotatable bonds is 2. The van der Waals surface area contributed by atoms with Crippen molar-refractivity contribution in [1.29, 1.82) is 0 Å². The first kappa shape index (κ1) is 17.3. The number of ketones is 1. The SMILES string of the molecule is CC1=C(C(=O)c2cc(C)cc(O)c2)C2(C)CCCC(C)(C)C2CC1. The van der Waals surface area contributed by atoms with E-state index in [1.807, 2.05) is 13.0 Å².